The van der Waals surface area contributed by atoms with Gasteiger partial charge in [0.1, 0.15) is 0 Å². The van der Waals surface area contributed by atoms with Crippen molar-refractivity contribution in [3.05, 3.63) is 0 Å². The summed E-state index contributed by atoms with van der Waals surface area (Å²) in [4.78, 5) is 0. The predicted octanol–water partition coefficient (Wildman–Crippen LogP) is -4.34. The van der Waals surface area contributed by atoms with Gasteiger partial charge in [0.15, 0.2) is 0 Å². The van der Waals surface area contributed by atoms with Gasteiger partial charge in [-0.25, -0.2) is 0 Å². The molecule has 0 unspecified atom stereocenters. The van der Waals surface area contributed by atoms with Crippen LogP contribution in [-0.2, 0) is 31.5 Å². The maximum atomic E-state index is 8.52. The summed E-state index contributed by atoms with van der Waals surface area (Å²) < 4.78 is 34.1. The van der Waals surface area contributed by atoms with E-state index in [4.69, 9.17) is 17.5 Å². The fourth-order valence-corrected chi connectivity index (χ4v) is 0. The largest absolute Gasteiger partial charge is 2.00 e. The zero-order valence-corrected chi connectivity index (χ0v) is 11.4. The molecule has 0 bridgehead atoms. The summed E-state index contributed by atoms with van der Waals surface area (Å²) in [6, 6.07) is 0. The Bertz CT molecular complexity index is 94.9. The quantitative estimate of drug-likeness (QED) is 0.316. The molecule has 0 saturated heterocycles. The zero-order valence-electron chi connectivity index (χ0n) is 3.36. The van der Waals surface area contributed by atoms with E-state index in [-0.39, 0.29) is 79.3 Å². The molecule has 0 aromatic heterocycles. The predicted molar refractivity (Wildman–Crippen MR) is 10.5 cm³/mol. The van der Waals surface area contributed by atoms with E-state index in [2.05, 4.69) is 0 Å². The number of rotatable bonds is 0. The Kier molecular flexibility index (Phi) is 15.0. The van der Waals surface area contributed by atoms with Crippen LogP contribution in [0.2, 0.25) is 0 Å². The van der Waals surface area contributed by atoms with E-state index in [1.807, 2.05) is 0 Å². The molecular weight excluding hydrogens is 377 g/mol. The van der Waals surface area contributed by atoms with Gasteiger partial charge in [-0.05, 0) is 0 Å². The fourth-order valence-electron chi connectivity index (χ4n) is 0. The molecule has 0 radical (unpaired) electrons. The van der Waals surface area contributed by atoms with Gasteiger partial charge in [-0.3, -0.25) is 8.42 Å². The third-order valence-corrected chi connectivity index (χ3v) is 0. The van der Waals surface area contributed by atoms with Crippen LogP contribution in [0, 0.1) is 0 Å². The second-order valence-corrected chi connectivity index (χ2v) is 1.22. The molecule has 40 valence electrons. The molecule has 0 fully saturated rings. The van der Waals surface area contributed by atoms with Crippen molar-refractivity contribution in [3.8, 4) is 0 Å². The summed E-state index contributed by atoms with van der Waals surface area (Å²) >= 11 is 0. The van der Waals surface area contributed by atoms with Crippen LogP contribution in [0.4, 0.5) is 0 Å². The first kappa shape index (κ1) is 16.2. The molecule has 0 saturated carbocycles. The van der Waals surface area contributed by atoms with Crippen LogP contribution in [0.1, 0.15) is 0 Å². The van der Waals surface area contributed by atoms with E-state index in [1.165, 1.54) is 0 Å². The SMILES string of the molecule is O=S(=O)([O-])[O-].[Pt+2].[Rb+]. The zero-order chi connectivity index (χ0) is 4.50. The van der Waals surface area contributed by atoms with E-state index in [0.717, 1.165) is 0 Å². The summed E-state index contributed by atoms with van der Waals surface area (Å²) in [5.74, 6) is 0. The molecule has 0 aromatic carbocycles. The van der Waals surface area contributed by atoms with Crippen molar-refractivity contribution in [1.82, 2.24) is 0 Å². The van der Waals surface area contributed by atoms with Gasteiger partial charge in [-0.2, -0.15) is 0 Å². The summed E-state index contributed by atoms with van der Waals surface area (Å²) in [5, 5.41) is 0. The number of hydrogen-bond donors (Lipinski definition) is 0. The molecule has 4 nitrogen and oxygen atoms in total. The molecule has 0 aromatic rings. The molecule has 0 atom stereocenters. The van der Waals surface area contributed by atoms with E-state index in [0.29, 0.717) is 0 Å². The molecule has 0 aliphatic rings. The summed E-state index contributed by atoms with van der Waals surface area (Å²) in [6.45, 7) is 0. The molecular formula is O4PtRbS+. The molecule has 0 amide bonds. The molecule has 0 spiro atoms. The topological polar surface area (TPSA) is 80.3 Å². The van der Waals surface area contributed by atoms with Crippen LogP contribution in [0.15, 0.2) is 0 Å². The monoisotopic (exact) mass is 376 g/mol. The maximum absolute atomic E-state index is 8.52. The van der Waals surface area contributed by atoms with Crippen molar-refractivity contribution < 1.29 is 96.8 Å². The van der Waals surface area contributed by atoms with Gasteiger partial charge in [-0.15, -0.1) is 0 Å². The van der Waals surface area contributed by atoms with Crippen molar-refractivity contribution in [3.63, 3.8) is 0 Å². The van der Waals surface area contributed by atoms with Crippen LogP contribution in [0.5, 0.6) is 0 Å². The minimum Gasteiger partial charge on any atom is -0.759 e. The van der Waals surface area contributed by atoms with Gasteiger partial charge in [0, 0.05) is 10.4 Å². The number of hydrogen-bond acceptors (Lipinski definition) is 4. The molecule has 7 heavy (non-hydrogen) atoms. The molecule has 0 N–H and O–H groups in total. The van der Waals surface area contributed by atoms with Gasteiger partial charge in [0.05, 0.1) is 0 Å². The first-order valence-electron chi connectivity index (χ1n) is 0.667. The van der Waals surface area contributed by atoms with Gasteiger partial charge >= 0.3 is 79.3 Å². The second-order valence-electron chi connectivity index (χ2n) is 0.408. The fraction of sp³-hybridized carbons (Fsp3) is 0. The van der Waals surface area contributed by atoms with E-state index in [1.54, 1.807) is 0 Å². The van der Waals surface area contributed by atoms with Crippen LogP contribution >= 0.6 is 0 Å². The third kappa shape index (κ3) is 60.6. The molecule has 7 heteroatoms. The van der Waals surface area contributed by atoms with Crippen molar-refractivity contribution in [2.75, 3.05) is 0 Å². The van der Waals surface area contributed by atoms with Gasteiger partial charge < -0.3 is 9.11 Å². The maximum Gasteiger partial charge on any atom is 2.00 e. The first-order chi connectivity index (χ1) is 2.00. The van der Waals surface area contributed by atoms with Crippen LogP contribution < -0.4 is 58.2 Å². The van der Waals surface area contributed by atoms with Crippen molar-refractivity contribution in [1.29, 1.82) is 0 Å². The first-order valence-corrected chi connectivity index (χ1v) is 2.00. The summed E-state index contributed by atoms with van der Waals surface area (Å²) in [7, 11) is -5.17. The minimum absolute atomic E-state index is 0. The minimum atomic E-state index is -5.17. The smallest absolute Gasteiger partial charge is 0.759 e. The Morgan fingerprint density at radius 3 is 1.14 bits per heavy atom. The van der Waals surface area contributed by atoms with Gasteiger partial charge in [-0.1, -0.05) is 0 Å². The summed E-state index contributed by atoms with van der Waals surface area (Å²) in [6.07, 6.45) is 0. The average Bonchev–Trinajstić information content (AvgIpc) is 0.722. The van der Waals surface area contributed by atoms with Crippen LogP contribution in [0.3, 0.4) is 0 Å². The van der Waals surface area contributed by atoms with Crippen molar-refractivity contribution >= 4 is 10.4 Å². The Morgan fingerprint density at radius 1 is 1.14 bits per heavy atom. The molecule has 0 aliphatic heterocycles. The van der Waals surface area contributed by atoms with E-state index < -0.39 is 10.4 Å². The Morgan fingerprint density at radius 2 is 1.14 bits per heavy atom. The van der Waals surface area contributed by atoms with Gasteiger partial charge in [0.2, 0.25) is 0 Å². The normalized spacial score (nSPS) is 8.29. The molecule has 0 heterocycles. The van der Waals surface area contributed by atoms with E-state index in [9.17, 15) is 0 Å². The Hall–Kier alpha value is 2.36. The Balaban J connectivity index is -0.0000000800. The third-order valence-electron chi connectivity index (χ3n) is 0. The van der Waals surface area contributed by atoms with E-state index >= 15 is 0 Å². The average molecular weight is 377 g/mol. The van der Waals surface area contributed by atoms with Crippen molar-refractivity contribution in [2.24, 2.45) is 0 Å². The van der Waals surface area contributed by atoms with Gasteiger partial charge in [0.25, 0.3) is 0 Å². The standard InChI is InChI=1S/H2O4S.Pt.Rb/c1-5(2,3)4;;/h(H2,1,2,3,4);;/q;+2;+1/p-2. The Labute approximate surface area is 105 Å². The second kappa shape index (κ2) is 6.48. The molecule has 0 aliphatic carbocycles. The molecule has 0 rings (SSSR count). The van der Waals surface area contributed by atoms with Crippen LogP contribution in [0.25, 0.3) is 0 Å². The summed E-state index contributed by atoms with van der Waals surface area (Å²) in [5.41, 5.74) is 0. The van der Waals surface area contributed by atoms with Crippen molar-refractivity contribution in [2.45, 2.75) is 0 Å². The van der Waals surface area contributed by atoms with Crippen LogP contribution in [-0.4, -0.2) is 17.5 Å².